The van der Waals surface area contributed by atoms with E-state index in [1.165, 1.54) is 93.6 Å². The van der Waals surface area contributed by atoms with Gasteiger partial charge in [-0.3, -0.25) is 0 Å². The highest BCUT2D eigenvalue weighted by Gasteiger charge is 2.54. The third-order valence-corrected chi connectivity index (χ3v) is 11.3. The molecule has 32 heavy (non-hydrogen) atoms. The van der Waals surface area contributed by atoms with Crippen molar-refractivity contribution in [1.82, 2.24) is 0 Å². The molecule has 0 radical (unpaired) electrons. The zero-order valence-electron chi connectivity index (χ0n) is 19.2. The van der Waals surface area contributed by atoms with Crippen LogP contribution in [-0.4, -0.2) is 10.2 Å². The van der Waals surface area contributed by atoms with Crippen molar-refractivity contribution in [2.75, 3.05) is 0 Å². The highest BCUT2D eigenvalue weighted by molar-refractivity contribution is 5.97. The van der Waals surface area contributed by atoms with Gasteiger partial charge < -0.3 is 10.2 Å². The lowest BCUT2D eigenvalue weighted by molar-refractivity contribution is -0.00530. The topological polar surface area (TPSA) is 40.5 Å². The molecule has 2 nitrogen and oxygen atoms in total. The maximum Gasteiger partial charge on any atom is 0.165 e. The maximum atomic E-state index is 11.3. The SMILES string of the molecule is Oc1cc(C23CC4CC(CC(C4)C2)C3)c2cccc(C34CC5CC(CC(C5)C3)C4)c2c1O. The lowest BCUT2D eigenvalue weighted by Crippen LogP contribution is -2.49. The Kier molecular flexibility index (Phi) is 3.53. The fourth-order valence-corrected chi connectivity index (χ4v) is 11.2. The van der Waals surface area contributed by atoms with Gasteiger partial charge in [0, 0.05) is 5.39 Å². The Morgan fingerprint density at radius 2 is 1.03 bits per heavy atom. The molecule has 168 valence electrons. The summed E-state index contributed by atoms with van der Waals surface area (Å²) >= 11 is 0. The monoisotopic (exact) mass is 428 g/mol. The number of rotatable bonds is 2. The summed E-state index contributed by atoms with van der Waals surface area (Å²) in [5, 5.41) is 24.6. The molecule has 0 atom stereocenters. The van der Waals surface area contributed by atoms with Gasteiger partial charge in [0.2, 0.25) is 0 Å². The number of phenols is 2. The number of hydrogen-bond donors (Lipinski definition) is 2. The van der Waals surface area contributed by atoms with Gasteiger partial charge in [-0.15, -0.1) is 0 Å². The minimum absolute atomic E-state index is 0.125. The Hall–Kier alpha value is -1.70. The van der Waals surface area contributed by atoms with Crippen molar-refractivity contribution in [3.63, 3.8) is 0 Å². The van der Waals surface area contributed by atoms with Crippen molar-refractivity contribution in [3.8, 4) is 11.5 Å². The van der Waals surface area contributed by atoms with Crippen molar-refractivity contribution in [3.05, 3.63) is 35.4 Å². The third kappa shape index (κ3) is 2.37. The van der Waals surface area contributed by atoms with E-state index in [1.54, 1.807) is 0 Å². The first-order chi connectivity index (χ1) is 15.5. The van der Waals surface area contributed by atoms with Gasteiger partial charge in [-0.25, -0.2) is 0 Å². The van der Waals surface area contributed by atoms with Crippen LogP contribution in [0.15, 0.2) is 24.3 Å². The summed E-state index contributed by atoms with van der Waals surface area (Å²) in [6.07, 6.45) is 16.3. The highest BCUT2D eigenvalue weighted by Crippen LogP contribution is 2.65. The standard InChI is InChI=1S/C30H36O2/c31-26-10-25(30-14-20-7-21(15-30)9-22(8-20)16-30)23-2-1-3-24(27(23)28(26)32)29-11-17-4-18(12-29)6-19(5-17)13-29/h1-3,10,17-22,31-32H,4-9,11-16H2. The average molecular weight is 429 g/mol. The largest absolute Gasteiger partial charge is 0.504 e. The molecular weight excluding hydrogens is 392 g/mol. The van der Waals surface area contributed by atoms with Crippen LogP contribution in [0.25, 0.3) is 10.8 Å². The summed E-state index contributed by atoms with van der Waals surface area (Å²) in [7, 11) is 0. The number of fused-ring (bicyclic) bond motifs is 1. The van der Waals surface area contributed by atoms with Gasteiger partial charge in [-0.05, 0) is 146 Å². The number of phenolic OH excluding ortho intramolecular Hbond substituents is 2. The minimum Gasteiger partial charge on any atom is -0.504 e. The zero-order valence-corrected chi connectivity index (χ0v) is 19.2. The van der Waals surface area contributed by atoms with E-state index < -0.39 is 0 Å². The number of hydrogen-bond acceptors (Lipinski definition) is 2. The molecule has 0 saturated heterocycles. The first kappa shape index (κ1) is 18.7. The van der Waals surface area contributed by atoms with Gasteiger partial charge in [0.05, 0.1) is 0 Å². The Bertz CT molecular complexity index is 1010. The lowest BCUT2D eigenvalue weighted by Gasteiger charge is -2.58. The molecule has 8 fully saturated rings. The molecule has 8 aliphatic rings. The van der Waals surface area contributed by atoms with E-state index in [0.29, 0.717) is 0 Å². The van der Waals surface area contributed by atoms with Crippen LogP contribution in [0.4, 0.5) is 0 Å². The van der Waals surface area contributed by atoms with Crippen LogP contribution < -0.4 is 0 Å². The Labute approximate surface area is 191 Å². The Morgan fingerprint density at radius 3 is 1.50 bits per heavy atom. The van der Waals surface area contributed by atoms with Gasteiger partial charge in [0.25, 0.3) is 0 Å². The molecule has 2 N–H and O–H groups in total. The first-order valence-corrected chi connectivity index (χ1v) is 13.5. The molecule has 0 heterocycles. The second-order valence-corrected chi connectivity index (χ2v) is 13.4. The van der Waals surface area contributed by atoms with E-state index in [9.17, 15) is 10.2 Å². The van der Waals surface area contributed by atoms with Crippen LogP contribution in [0.5, 0.6) is 11.5 Å². The predicted octanol–water partition coefficient (Wildman–Crippen LogP) is 7.19. The molecule has 0 spiro atoms. The summed E-state index contributed by atoms with van der Waals surface area (Å²) < 4.78 is 0. The minimum atomic E-state index is 0.125. The zero-order chi connectivity index (χ0) is 21.2. The van der Waals surface area contributed by atoms with E-state index in [-0.39, 0.29) is 22.3 Å². The molecular formula is C30H36O2. The normalized spacial score (nSPS) is 45.8. The molecule has 2 aromatic rings. The molecule has 10 rings (SSSR count). The number of aromatic hydroxyl groups is 2. The van der Waals surface area contributed by atoms with Crippen molar-refractivity contribution in [2.45, 2.75) is 87.9 Å². The molecule has 8 bridgehead atoms. The molecule has 0 aliphatic heterocycles. The van der Waals surface area contributed by atoms with Crippen LogP contribution in [0.3, 0.4) is 0 Å². The van der Waals surface area contributed by atoms with E-state index in [4.69, 9.17) is 0 Å². The first-order valence-electron chi connectivity index (χ1n) is 13.5. The van der Waals surface area contributed by atoms with Crippen LogP contribution in [0, 0.1) is 35.5 Å². The van der Waals surface area contributed by atoms with Gasteiger partial charge in [-0.2, -0.15) is 0 Å². The summed E-state index contributed by atoms with van der Waals surface area (Å²) in [5.74, 6) is 5.52. The van der Waals surface area contributed by atoms with Crippen molar-refractivity contribution >= 4 is 10.8 Å². The molecule has 8 saturated carbocycles. The van der Waals surface area contributed by atoms with Crippen molar-refractivity contribution < 1.29 is 10.2 Å². The molecule has 2 aromatic carbocycles. The molecule has 8 aliphatic carbocycles. The Balaban J connectivity index is 1.35. The lowest BCUT2D eigenvalue weighted by atomic mass is 9.47. The van der Waals surface area contributed by atoms with E-state index in [2.05, 4.69) is 18.2 Å². The van der Waals surface area contributed by atoms with E-state index >= 15 is 0 Å². The van der Waals surface area contributed by atoms with Crippen LogP contribution in [0.2, 0.25) is 0 Å². The fourth-order valence-electron chi connectivity index (χ4n) is 11.2. The highest BCUT2D eigenvalue weighted by atomic mass is 16.3. The molecule has 0 unspecified atom stereocenters. The van der Waals surface area contributed by atoms with Crippen molar-refractivity contribution in [1.29, 1.82) is 0 Å². The molecule has 0 aromatic heterocycles. The van der Waals surface area contributed by atoms with Gasteiger partial charge in [0.1, 0.15) is 0 Å². The second-order valence-electron chi connectivity index (χ2n) is 13.4. The quantitative estimate of drug-likeness (QED) is 0.497. The summed E-state index contributed by atoms with van der Waals surface area (Å²) in [6, 6.07) is 8.84. The fraction of sp³-hybridized carbons (Fsp3) is 0.667. The second kappa shape index (κ2) is 6.05. The summed E-state index contributed by atoms with van der Waals surface area (Å²) in [4.78, 5) is 0. The third-order valence-electron chi connectivity index (χ3n) is 11.3. The van der Waals surface area contributed by atoms with Gasteiger partial charge in [0.15, 0.2) is 11.5 Å². The van der Waals surface area contributed by atoms with Crippen LogP contribution >= 0.6 is 0 Å². The number of benzene rings is 2. The predicted molar refractivity (Wildman–Crippen MR) is 127 cm³/mol. The maximum absolute atomic E-state index is 11.3. The van der Waals surface area contributed by atoms with E-state index in [1.807, 2.05) is 6.07 Å². The van der Waals surface area contributed by atoms with Crippen LogP contribution in [-0.2, 0) is 10.8 Å². The smallest absolute Gasteiger partial charge is 0.165 e. The average Bonchev–Trinajstić information content (AvgIpc) is 2.74. The van der Waals surface area contributed by atoms with Gasteiger partial charge >= 0.3 is 0 Å². The van der Waals surface area contributed by atoms with Crippen molar-refractivity contribution in [2.24, 2.45) is 35.5 Å². The Morgan fingerprint density at radius 1 is 0.594 bits per heavy atom. The molecule has 0 amide bonds. The summed E-state index contributed by atoms with van der Waals surface area (Å²) in [6.45, 7) is 0. The van der Waals surface area contributed by atoms with Gasteiger partial charge in [-0.1, -0.05) is 18.2 Å². The van der Waals surface area contributed by atoms with E-state index in [0.717, 1.165) is 40.9 Å². The summed E-state index contributed by atoms with van der Waals surface area (Å²) in [5.41, 5.74) is 3.18. The molecule has 2 heteroatoms. The van der Waals surface area contributed by atoms with Crippen LogP contribution in [0.1, 0.15) is 88.2 Å².